The first kappa shape index (κ1) is 12.5. The number of rotatable bonds is 5. The van der Waals surface area contributed by atoms with Crippen LogP contribution in [0.25, 0.3) is 0 Å². The summed E-state index contributed by atoms with van der Waals surface area (Å²) in [7, 11) is -1.08. The molecule has 0 spiro atoms. The van der Waals surface area contributed by atoms with E-state index in [1.165, 1.54) is 0 Å². The van der Waals surface area contributed by atoms with Gasteiger partial charge in [-0.3, -0.25) is 4.79 Å². The maximum Gasteiger partial charge on any atom is 0.311 e. The van der Waals surface area contributed by atoms with E-state index in [2.05, 4.69) is 19.6 Å². The third-order valence-corrected chi connectivity index (χ3v) is 4.59. The van der Waals surface area contributed by atoms with Crippen molar-refractivity contribution in [3.63, 3.8) is 0 Å². The summed E-state index contributed by atoms with van der Waals surface area (Å²) in [6.45, 7) is 7.42. The van der Waals surface area contributed by atoms with Gasteiger partial charge in [0.1, 0.15) is 0 Å². The molecule has 0 aromatic carbocycles. The maximum atomic E-state index is 11.4. The average Bonchev–Trinajstić information content (AvgIpc) is 2.54. The van der Waals surface area contributed by atoms with Gasteiger partial charge in [0.15, 0.2) is 0 Å². The van der Waals surface area contributed by atoms with Gasteiger partial charge in [0.2, 0.25) is 0 Å². The summed E-state index contributed by atoms with van der Waals surface area (Å²) < 4.78 is 5.19. The molecule has 0 aliphatic carbocycles. The van der Waals surface area contributed by atoms with Gasteiger partial charge in [0.25, 0.3) is 0 Å². The SMILES string of the molecule is C[Si](C)(C)CCOC(=O)Cc1cccs1. The Bertz CT molecular complexity index is 301. The molecule has 2 nitrogen and oxygen atoms in total. The summed E-state index contributed by atoms with van der Waals surface area (Å²) in [5.41, 5.74) is 0. The standard InChI is InChI=1S/C11H18O2SSi/c1-15(2,3)8-6-13-11(12)9-10-5-4-7-14-10/h4-5,7H,6,8-9H2,1-3H3. The molecule has 15 heavy (non-hydrogen) atoms. The highest BCUT2D eigenvalue weighted by Crippen LogP contribution is 2.11. The average molecular weight is 242 g/mol. The van der Waals surface area contributed by atoms with Crippen molar-refractivity contribution >= 4 is 25.4 Å². The van der Waals surface area contributed by atoms with E-state index in [9.17, 15) is 4.79 Å². The Balaban J connectivity index is 2.20. The van der Waals surface area contributed by atoms with Crippen molar-refractivity contribution in [1.29, 1.82) is 0 Å². The molecule has 0 amide bonds. The molecule has 0 bridgehead atoms. The van der Waals surface area contributed by atoms with Crippen LogP contribution in [0.5, 0.6) is 0 Å². The maximum absolute atomic E-state index is 11.4. The molecule has 84 valence electrons. The van der Waals surface area contributed by atoms with Gasteiger partial charge in [-0.25, -0.2) is 0 Å². The number of esters is 1. The Labute approximate surface area is 96.3 Å². The largest absolute Gasteiger partial charge is 0.466 e. The van der Waals surface area contributed by atoms with Crippen LogP contribution in [0.3, 0.4) is 0 Å². The van der Waals surface area contributed by atoms with E-state index in [0.29, 0.717) is 13.0 Å². The fourth-order valence-electron chi connectivity index (χ4n) is 1.08. The Morgan fingerprint density at radius 2 is 2.20 bits per heavy atom. The van der Waals surface area contributed by atoms with Crippen LogP contribution >= 0.6 is 11.3 Å². The van der Waals surface area contributed by atoms with Crippen LogP contribution in [-0.4, -0.2) is 20.7 Å². The van der Waals surface area contributed by atoms with E-state index >= 15 is 0 Å². The van der Waals surface area contributed by atoms with E-state index in [0.717, 1.165) is 10.9 Å². The van der Waals surface area contributed by atoms with Gasteiger partial charge >= 0.3 is 5.97 Å². The zero-order valence-corrected chi connectivity index (χ0v) is 11.4. The number of carbonyl (C=O) groups is 1. The minimum atomic E-state index is -1.08. The number of carbonyl (C=O) groups excluding carboxylic acids is 1. The highest BCUT2D eigenvalue weighted by atomic mass is 32.1. The van der Waals surface area contributed by atoms with Crippen molar-refractivity contribution in [3.8, 4) is 0 Å². The van der Waals surface area contributed by atoms with Crippen molar-refractivity contribution in [3.05, 3.63) is 22.4 Å². The van der Waals surface area contributed by atoms with Gasteiger partial charge in [-0.05, 0) is 17.5 Å². The number of hydrogen-bond acceptors (Lipinski definition) is 3. The minimum absolute atomic E-state index is 0.101. The van der Waals surface area contributed by atoms with Crippen molar-refractivity contribution in [1.82, 2.24) is 0 Å². The van der Waals surface area contributed by atoms with Crippen molar-refractivity contribution < 1.29 is 9.53 Å². The first-order valence-electron chi connectivity index (χ1n) is 5.15. The molecule has 0 aliphatic heterocycles. The molecule has 1 aromatic heterocycles. The fraction of sp³-hybridized carbons (Fsp3) is 0.545. The molecule has 1 rings (SSSR count). The Kier molecular flexibility index (Phi) is 4.54. The molecule has 0 atom stereocenters. The first-order valence-corrected chi connectivity index (χ1v) is 9.74. The highest BCUT2D eigenvalue weighted by molar-refractivity contribution is 7.10. The van der Waals surface area contributed by atoms with E-state index in [4.69, 9.17) is 4.74 Å². The quantitative estimate of drug-likeness (QED) is 0.585. The van der Waals surface area contributed by atoms with Gasteiger partial charge in [-0.15, -0.1) is 11.3 Å². The smallest absolute Gasteiger partial charge is 0.311 e. The van der Waals surface area contributed by atoms with Gasteiger partial charge in [-0.1, -0.05) is 25.7 Å². The molecule has 0 N–H and O–H groups in total. The normalized spacial score (nSPS) is 11.4. The zero-order valence-electron chi connectivity index (χ0n) is 9.58. The van der Waals surface area contributed by atoms with E-state index in [1.807, 2.05) is 17.5 Å². The van der Waals surface area contributed by atoms with Crippen molar-refractivity contribution in [2.75, 3.05) is 6.61 Å². The van der Waals surface area contributed by atoms with E-state index < -0.39 is 8.07 Å². The molecule has 4 heteroatoms. The van der Waals surface area contributed by atoms with E-state index in [-0.39, 0.29) is 5.97 Å². The lowest BCUT2D eigenvalue weighted by Gasteiger charge is -2.15. The molecular formula is C11H18O2SSi. The predicted octanol–water partition coefficient (Wildman–Crippen LogP) is 3.17. The van der Waals surface area contributed by atoms with Crippen LogP contribution < -0.4 is 0 Å². The summed E-state index contributed by atoms with van der Waals surface area (Å²) in [5.74, 6) is -0.101. The Morgan fingerprint density at radius 3 is 2.73 bits per heavy atom. The minimum Gasteiger partial charge on any atom is -0.466 e. The van der Waals surface area contributed by atoms with Crippen LogP contribution in [-0.2, 0) is 16.0 Å². The van der Waals surface area contributed by atoms with Gasteiger partial charge in [0.05, 0.1) is 13.0 Å². The van der Waals surface area contributed by atoms with Crippen LogP contribution in [0.4, 0.5) is 0 Å². The van der Waals surface area contributed by atoms with Crippen LogP contribution in [0, 0.1) is 0 Å². The fourth-order valence-corrected chi connectivity index (χ4v) is 2.48. The molecule has 0 fully saturated rings. The summed E-state index contributed by atoms with van der Waals surface area (Å²) >= 11 is 1.60. The topological polar surface area (TPSA) is 26.3 Å². The lowest BCUT2D eigenvalue weighted by molar-refractivity contribution is -0.142. The van der Waals surface area contributed by atoms with Crippen molar-refractivity contribution in [2.45, 2.75) is 32.1 Å². The number of hydrogen-bond donors (Lipinski definition) is 0. The third-order valence-electron chi connectivity index (χ3n) is 2.01. The summed E-state index contributed by atoms with van der Waals surface area (Å²) in [4.78, 5) is 12.5. The second-order valence-corrected chi connectivity index (χ2v) is 11.4. The Morgan fingerprint density at radius 1 is 1.47 bits per heavy atom. The first-order chi connectivity index (χ1) is 6.97. The molecule has 0 saturated heterocycles. The predicted molar refractivity (Wildman–Crippen MR) is 67.1 cm³/mol. The second-order valence-electron chi connectivity index (χ2n) is 4.79. The van der Waals surface area contributed by atoms with E-state index in [1.54, 1.807) is 11.3 Å². The van der Waals surface area contributed by atoms with Crippen LogP contribution in [0.2, 0.25) is 25.7 Å². The van der Waals surface area contributed by atoms with Crippen molar-refractivity contribution in [2.24, 2.45) is 0 Å². The summed E-state index contributed by atoms with van der Waals surface area (Å²) in [6.07, 6.45) is 0.420. The third kappa shape index (κ3) is 5.74. The summed E-state index contributed by atoms with van der Waals surface area (Å²) in [6, 6.07) is 4.96. The van der Waals surface area contributed by atoms with Gasteiger partial charge in [0, 0.05) is 13.0 Å². The molecule has 0 radical (unpaired) electrons. The van der Waals surface area contributed by atoms with Crippen LogP contribution in [0.15, 0.2) is 17.5 Å². The number of thiophene rings is 1. The Hall–Kier alpha value is -0.613. The molecule has 1 aromatic rings. The molecular weight excluding hydrogens is 224 g/mol. The highest BCUT2D eigenvalue weighted by Gasteiger charge is 2.14. The monoisotopic (exact) mass is 242 g/mol. The molecule has 0 aliphatic rings. The summed E-state index contributed by atoms with van der Waals surface area (Å²) in [5, 5.41) is 1.98. The lowest BCUT2D eigenvalue weighted by Crippen LogP contribution is -2.23. The number of ether oxygens (including phenoxy) is 1. The zero-order chi connectivity index (χ0) is 11.3. The lowest BCUT2D eigenvalue weighted by atomic mass is 10.3. The molecule has 0 unspecified atom stereocenters. The van der Waals surface area contributed by atoms with Gasteiger partial charge in [-0.2, -0.15) is 0 Å². The van der Waals surface area contributed by atoms with Gasteiger partial charge < -0.3 is 4.74 Å². The molecule has 0 saturated carbocycles. The van der Waals surface area contributed by atoms with Crippen LogP contribution in [0.1, 0.15) is 4.88 Å². The second kappa shape index (κ2) is 5.46. The molecule has 1 heterocycles.